The highest BCUT2D eigenvalue weighted by atomic mass is 16.5. The minimum atomic E-state index is -0.847. The summed E-state index contributed by atoms with van der Waals surface area (Å²) < 4.78 is 5.35. The van der Waals surface area contributed by atoms with E-state index in [9.17, 15) is 9.59 Å². The van der Waals surface area contributed by atoms with Gasteiger partial charge in [0.1, 0.15) is 0 Å². The molecule has 1 saturated carbocycles. The molecule has 2 fully saturated rings. The summed E-state index contributed by atoms with van der Waals surface area (Å²) in [4.78, 5) is 25.7. The topological polar surface area (TPSA) is 78.9 Å². The smallest absolute Gasteiger partial charge is 0.307 e. The number of carbonyl (C=O) groups excluding carboxylic acids is 1. The Labute approximate surface area is 125 Å². The highest BCUT2D eigenvalue weighted by Crippen LogP contribution is 2.32. The standard InChI is InChI=1S/C15H26N2O4/c1-15(2,17-6-8-21-9-7-17)10-16-13(18)11-4-3-5-12(11)14(19)20/h11-12H,3-10H2,1-2H3,(H,16,18)(H,19,20). The molecule has 1 saturated heterocycles. The van der Waals surface area contributed by atoms with Gasteiger partial charge in [-0.25, -0.2) is 0 Å². The molecule has 2 aliphatic rings. The zero-order valence-corrected chi connectivity index (χ0v) is 12.9. The molecular formula is C15H26N2O4. The Morgan fingerprint density at radius 2 is 1.86 bits per heavy atom. The van der Waals surface area contributed by atoms with Gasteiger partial charge >= 0.3 is 5.97 Å². The van der Waals surface area contributed by atoms with Crippen molar-refractivity contribution < 1.29 is 19.4 Å². The first kappa shape index (κ1) is 16.2. The van der Waals surface area contributed by atoms with Gasteiger partial charge in [-0.1, -0.05) is 6.42 Å². The van der Waals surface area contributed by atoms with E-state index in [1.165, 1.54) is 0 Å². The largest absolute Gasteiger partial charge is 0.481 e. The van der Waals surface area contributed by atoms with Crippen LogP contribution in [0.15, 0.2) is 0 Å². The summed E-state index contributed by atoms with van der Waals surface area (Å²) in [6.45, 7) is 7.91. The van der Waals surface area contributed by atoms with E-state index in [0.717, 1.165) is 32.7 Å². The number of aliphatic carboxylic acids is 1. The lowest BCUT2D eigenvalue weighted by Crippen LogP contribution is -2.56. The van der Waals surface area contributed by atoms with Crippen molar-refractivity contribution in [3.8, 4) is 0 Å². The van der Waals surface area contributed by atoms with Crippen molar-refractivity contribution in [2.24, 2.45) is 11.8 Å². The second kappa shape index (κ2) is 6.75. The quantitative estimate of drug-likeness (QED) is 0.781. The first-order chi connectivity index (χ1) is 9.92. The Kier molecular flexibility index (Phi) is 5.22. The third-order valence-corrected chi connectivity index (χ3v) is 4.73. The average Bonchev–Trinajstić information content (AvgIpc) is 2.95. The fraction of sp³-hybridized carbons (Fsp3) is 0.867. The Bertz CT molecular complexity index is 391. The Morgan fingerprint density at radius 1 is 1.24 bits per heavy atom. The summed E-state index contributed by atoms with van der Waals surface area (Å²) >= 11 is 0. The molecule has 1 aliphatic carbocycles. The SMILES string of the molecule is CC(C)(CNC(=O)C1CCCC1C(=O)O)N1CCOCC1. The molecule has 0 radical (unpaired) electrons. The van der Waals surface area contributed by atoms with Crippen LogP contribution in [0.25, 0.3) is 0 Å². The second-order valence-corrected chi connectivity index (χ2v) is 6.61. The van der Waals surface area contributed by atoms with Crippen molar-refractivity contribution in [1.82, 2.24) is 10.2 Å². The van der Waals surface area contributed by atoms with Crippen molar-refractivity contribution in [3.63, 3.8) is 0 Å². The lowest BCUT2D eigenvalue weighted by Gasteiger charge is -2.41. The molecule has 6 nitrogen and oxygen atoms in total. The molecule has 0 aromatic carbocycles. The van der Waals surface area contributed by atoms with E-state index in [0.29, 0.717) is 19.4 Å². The molecule has 1 aliphatic heterocycles. The molecule has 2 unspecified atom stereocenters. The molecule has 0 spiro atoms. The molecule has 1 amide bonds. The molecule has 0 aromatic rings. The van der Waals surface area contributed by atoms with Crippen molar-refractivity contribution in [1.29, 1.82) is 0 Å². The Hall–Kier alpha value is -1.14. The van der Waals surface area contributed by atoms with Crippen LogP contribution in [-0.4, -0.2) is 60.3 Å². The van der Waals surface area contributed by atoms with Crippen molar-refractivity contribution in [2.45, 2.75) is 38.6 Å². The van der Waals surface area contributed by atoms with Crippen LogP contribution in [0.1, 0.15) is 33.1 Å². The van der Waals surface area contributed by atoms with Crippen LogP contribution in [0.3, 0.4) is 0 Å². The maximum Gasteiger partial charge on any atom is 0.307 e. The number of morpholine rings is 1. The van der Waals surface area contributed by atoms with E-state index < -0.39 is 11.9 Å². The average molecular weight is 298 g/mol. The molecule has 2 atom stereocenters. The molecule has 120 valence electrons. The van der Waals surface area contributed by atoms with E-state index in [1.54, 1.807) is 0 Å². The number of amides is 1. The predicted octanol–water partition coefficient (Wildman–Crippen LogP) is 0.714. The number of ether oxygens (including phenoxy) is 1. The number of rotatable bonds is 5. The molecule has 2 rings (SSSR count). The van der Waals surface area contributed by atoms with Gasteiger partial charge in [-0.2, -0.15) is 0 Å². The highest BCUT2D eigenvalue weighted by Gasteiger charge is 2.38. The van der Waals surface area contributed by atoms with E-state index >= 15 is 0 Å². The summed E-state index contributed by atoms with van der Waals surface area (Å²) in [5.41, 5.74) is -0.142. The highest BCUT2D eigenvalue weighted by molar-refractivity contribution is 5.85. The lowest BCUT2D eigenvalue weighted by atomic mass is 9.94. The number of carboxylic acids is 1. The van der Waals surface area contributed by atoms with Gasteiger partial charge in [-0.15, -0.1) is 0 Å². The van der Waals surface area contributed by atoms with Gasteiger partial charge in [0.25, 0.3) is 0 Å². The maximum atomic E-state index is 12.3. The van der Waals surface area contributed by atoms with Crippen LogP contribution in [0, 0.1) is 11.8 Å². The summed E-state index contributed by atoms with van der Waals surface area (Å²) in [5.74, 6) is -1.85. The number of carboxylic acid groups (broad SMARTS) is 1. The lowest BCUT2D eigenvalue weighted by molar-refractivity contribution is -0.146. The van der Waals surface area contributed by atoms with E-state index in [-0.39, 0.29) is 17.4 Å². The van der Waals surface area contributed by atoms with Crippen LogP contribution in [0.4, 0.5) is 0 Å². The van der Waals surface area contributed by atoms with Gasteiger partial charge in [0, 0.05) is 25.2 Å². The second-order valence-electron chi connectivity index (χ2n) is 6.61. The fourth-order valence-corrected chi connectivity index (χ4v) is 3.28. The van der Waals surface area contributed by atoms with E-state index in [2.05, 4.69) is 24.1 Å². The number of nitrogens with zero attached hydrogens (tertiary/aromatic N) is 1. The van der Waals surface area contributed by atoms with Crippen molar-refractivity contribution >= 4 is 11.9 Å². The van der Waals surface area contributed by atoms with Gasteiger partial charge in [0.05, 0.1) is 25.0 Å². The van der Waals surface area contributed by atoms with Crippen LogP contribution in [0.5, 0.6) is 0 Å². The number of nitrogens with one attached hydrogen (secondary N) is 1. The van der Waals surface area contributed by atoms with Crippen LogP contribution in [-0.2, 0) is 14.3 Å². The first-order valence-electron chi connectivity index (χ1n) is 7.75. The number of hydrogen-bond donors (Lipinski definition) is 2. The van der Waals surface area contributed by atoms with Crippen LogP contribution >= 0.6 is 0 Å². The summed E-state index contributed by atoms with van der Waals surface area (Å²) in [7, 11) is 0. The number of hydrogen-bond acceptors (Lipinski definition) is 4. The number of carbonyl (C=O) groups is 2. The normalized spacial score (nSPS) is 27.5. The molecule has 6 heteroatoms. The summed E-state index contributed by atoms with van der Waals surface area (Å²) in [5, 5.41) is 12.1. The molecule has 0 bridgehead atoms. The fourth-order valence-electron chi connectivity index (χ4n) is 3.28. The zero-order valence-electron chi connectivity index (χ0n) is 12.9. The van der Waals surface area contributed by atoms with Gasteiger partial charge in [-0.05, 0) is 26.7 Å². The van der Waals surface area contributed by atoms with Gasteiger partial charge < -0.3 is 15.2 Å². The van der Waals surface area contributed by atoms with E-state index in [4.69, 9.17) is 9.84 Å². The van der Waals surface area contributed by atoms with Gasteiger partial charge in [0.2, 0.25) is 5.91 Å². The van der Waals surface area contributed by atoms with E-state index in [1.807, 2.05) is 0 Å². The van der Waals surface area contributed by atoms with Crippen LogP contribution in [0.2, 0.25) is 0 Å². The summed E-state index contributed by atoms with van der Waals surface area (Å²) in [6.07, 6.45) is 2.11. The Morgan fingerprint density at radius 3 is 2.48 bits per heavy atom. The third-order valence-electron chi connectivity index (χ3n) is 4.73. The molecule has 21 heavy (non-hydrogen) atoms. The van der Waals surface area contributed by atoms with Crippen LogP contribution < -0.4 is 5.32 Å². The minimum Gasteiger partial charge on any atom is -0.481 e. The van der Waals surface area contributed by atoms with Crippen molar-refractivity contribution in [3.05, 3.63) is 0 Å². The molecule has 2 N–H and O–H groups in total. The molecule has 0 aromatic heterocycles. The molecular weight excluding hydrogens is 272 g/mol. The maximum absolute atomic E-state index is 12.3. The zero-order chi connectivity index (χ0) is 15.5. The first-order valence-corrected chi connectivity index (χ1v) is 7.75. The molecule has 1 heterocycles. The minimum absolute atomic E-state index is 0.110. The predicted molar refractivity (Wildman–Crippen MR) is 77.9 cm³/mol. The monoisotopic (exact) mass is 298 g/mol. The Balaban J connectivity index is 1.86. The van der Waals surface area contributed by atoms with Gasteiger partial charge in [0.15, 0.2) is 0 Å². The third kappa shape index (κ3) is 3.95. The summed E-state index contributed by atoms with van der Waals surface area (Å²) in [6, 6.07) is 0. The van der Waals surface area contributed by atoms with Gasteiger partial charge in [-0.3, -0.25) is 14.5 Å². The van der Waals surface area contributed by atoms with Crippen molar-refractivity contribution in [2.75, 3.05) is 32.8 Å².